The molecule has 0 radical (unpaired) electrons. The maximum Gasteiger partial charge on any atom is 0.243 e. The van der Waals surface area contributed by atoms with Crippen LogP contribution in [0, 0.1) is 6.92 Å². The van der Waals surface area contributed by atoms with E-state index in [0.717, 1.165) is 40.2 Å². The molecule has 6 aromatic rings. The number of methoxy groups -OCH3 is 1. The Morgan fingerprint density at radius 3 is 1.31 bits per heavy atom. The van der Waals surface area contributed by atoms with E-state index in [4.69, 9.17) is 37.9 Å². The van der Waals surface area contributed by atoms with E-state index in [1.165, 1.54) is 25.3 Å². The summed E-state index contributed by atoms with van der Waals surface area (Å²) in [6.07, 6.45) is 1.56. The van der Waals surface area contributed by atoms with Crippen molar-refractivity contribution >= 4 is 76.2 Å². The van der Waals surface area contributed by atoms with Crippen LogP contribution >= 0.6 is 45.9 Å². The summed E-state index contributed by atoms with van der Waals surface area (Å²) in [5.74, 6) is 0.837. The quantitative estimate of drug-likeness (QED) is 0.127. The average Bonchev–Trinajstić information content (AvgIpc) is 3.93. The number of sulfonamides is 2. The molecule has 4 heterocycles. The minimum atomic E-state index is -3.50. The van der Waals surface area contributed by atoms with Crippen molar-refractivity contribution in [2.45, 2.75) is 29.6 Å². The zero-order valence-electron chi connectivity index (χ0n) is 32.6. The molecule has 0 aliphatic carbocycles. The van der Waals surface area contributed by atoms with Gasteiger partial charge in [0.25, 0.3) is 0 Å². The SMILES string of the molecule is COc1ccc(Cc2csc(N3CCN(S(=O)(=O)c4ccc(Cl)cc4)CC3)n2)cc1.Cc1ccc(Cc2csc(N3CCN(S(=O)(=O)c4ccc(Cl)cc4)CC3)n2)cc1. The molecule has 0 amide bonds. The van der Waals surface area contributed by atoms with Gasteiger partial charge in [-0.15, -0.1) is 22.7 Å². The first-order valence-electron chi connectivity index (χ1n) is 19.0. The van der Waals surface area contributed by atoms with Crippen molar-refractivity contribution in [2.75, 3.05) is 69.3 Å². The van der Waals surface area contributed by atoms with Crippen LogP contribution in [0.3, 0.4) is 0 Å². The first-order chi connectivity index (χ1) is 28.4. The number of aromatic nitrogens is 2. The predicted octanol–water partition coefficient (Wildman–Crippen LogP) is 8.11. The molecule has 59 heavy (non-hydrogen) atoms. The molecule has 2 aromatic heterocycles. The molecule has 310 valence electrons. The fraction of sp³-hybridized carbons (Fsp3) is 0.286. The second-order valence-corrected chi connectivity index (χ2v) is 20.5. The lowest BCUT2D eigenvalue weighted by atomic mass is 10.1. The highest BCUT2D eigenvalue weighted by Gasteiger charge is 2.31. The number of hydrogen-bond acceptors (Lipinski definition) is 11. The van der Waals surface area contributed by atoms with E-state index in [1.54, 1.807) is 78.3 Å². The van der Waals surface area contributed by atoms with E-state index in [-0.39, 0.29) is 9.79 Å². The smallest absolute Gasteiger partial charge is 0.243 e. The molecule has 4 aromatic carbocycles. The molecule has 2 saturated heterocycles. The third-order valence-corrected chi connectivity index (χ3v) is 16.3. The highest BCUT2D eigenvalue weighted by atomic mass is 35.5. The summed E-state index contributed by atoms with van der Waals surface area (Å²) in [4.78, 5) is 14.4. The Bertz CT molecular complexity index is 2520. The van der Waals surface area contributed by atoms with Gasteiger partial charge in [-0.25, -0.2) is 26.8 Å². The van der Waals surface area contributed by atoms with E-state index in [9.17, 15) is 16.8 Å². The summed E-state index contributed by atoms with van der Waals surface area (Å²) in [6.45, 7) is 6.31. The van der Waals surface area contributed by atoms with Crippen LogP contribution in [0.15, 0.2) is 118 Å². The Labute approximate surface area is 364 Å². The minimum absolute atomic E-state index is 0.274. The van der Waals surface area contributed by atoms with Crippen LogP contribution in [0.2, 0.25) is 10.0 Å². The highest BCUT2D eigenvalue weighted by Crippen LogP contribution is 2.28. The first kappa shape index (κ1) is 43.0. The van der Waals surface area contributed by atoms with Gasteiger partial charge in [0.1, 0.15) is 5.75 Å². The molecule has 2 aliphatic rings. The number of ether oxygens (including phenoxy) is 1. The van der Waals surface area contributed by atoms with Crippen LogP contribution in [0.4, 0.5) is 10.3 Å². The average molecular weight is 912 g/mol. The van der Waals surface area contributed by atoms with Gasteiger partial charge in [-0.2, -0.15) is 8.61 Å². The lowest BCUT2D eigenvalue weighted by molar-refractivity contribution is 0.384. The second-order valence-electron chi connectivity index (χ2n) is 14.1. The maximum atomic E-state index is 12.8. The van der Waals surface area contributed by atoms with Crippen LogP contribution in [0.1, 0.15) is 28.1 Å². The summed E-state index contributed by atoms with van der Waals surface area (Å²) in [7, 11) is -5.34. The summed E-state index contributed by atoms with van der Waals surface area (Å²) in [5.41, 5.74) is 5.72. The van der Waals surface area contributed by atoms with Crippen molar-refractivity contribution in [2.24, 2.45) is 0 Å². The number of benzene rings is 4. The monoisotopic (exact) mass is 910 g/mol. The van der Waals surface area contributed by atoms with Crippen molar-refractivity contribution in [3.05, 3.63) is 146 Å². The molecule has 0 spiro atoms. The number of halogens is 2. The van der Waals surface area contributed by atoms with Crippen LogP contribution in [0.5, 0.6) is 5.75 Å². The number of aryl methyl sites for hydroxylation is 1. The summed E-state index contributed by atoms with van der Waals surface area (Å²) >= 11 is 15.0. The maximum absolute atomic E-state index is 12.8. The van der Waals surface area contributed by atoms with Crippen LogP contribution in [0.25, 0.3) is 0 Å². The van der Waals surface area contributed by atoms with Gasteiger partial charge in [-0.3, -0.25) is 0 Å². The van der Waals surface area contributed by atoms with Gasteiger partial charge in [0.2, 0.25) is 20.0 Å². The third kappa shape index (κ3) is 10.8. The van der Waals surface area contributed by atoms with Gasteiger partial charge in [0.15, 0.2) is 10.3 Å². The number of hydrogen-bond donors (Lipinski definition) is 0. The van der Waals surface area contributed by atoms with E-state index < -0.39 is 20.0 Å². The van der Waals surface area contributed by atoms with Gasteiger partial charge < -0.3 is 14.5 Å². The number of nitrogens with zero attached hydrogens (tertiary/aromatic N) is 6. The molecule has 2 aliphatic heterocycles. The Kier molecular flexibility index (Phi) is 13.9. The molecule has 17 heteroatoms. The molecular formula is C42H44Cl2N6O5S4. The first-order valence-corrected chi connectivity index (χ1v) is 24.4. The van der Waals surface area contributed by atoms with Gasteiger partial charge in [0, 0.05) is 86.0 Å². The fourth-order valence-corrected chi connectivity index (χ4v) is 11.5. The third-order valence-electron chi connectivity index (χ3n) is 10.1. The Balaban J connectivity index is 0.000000179. The van der Waals surface area contributed by atoms with Crippen molar-refractivity contribution in [3.8, 4) is 5.75 Å². The number of piperazine rings is 2. The molecule has 0 atom stereocenters. The van der Waals surface area contributed by atoms with Gasteiger partial charge in [-0.05, 0) is 78.7 Å². The molecular weight excluding hydrogens is 868 g/mol. The highest BCUT2D eigenvalue weighted by molar-refractivity contribution is 7.89. The lowest BCUT2D eigenvalue weighted by Gasteiger charge is -2.33. The van der Waals surface area contributed by atoms with Crippen molar-refractivity contribution in [3.63, 3.8) is 0 Å². The van der Waals surface area contributed by atoms with Crippen molar-refractivity contribution < 1.29 is 21.6 Å². The number of anilines is 2. The molecule has 2 fully saturated rings. The second kappa shape index (κ2) is 19.1. The molecule has 0 N–H and O–H groups in total. The van der Waals surface area contributed by atoms with E-state index >= 15 is 0 Å². The zero-order chi connectivity index (χ0) is 41.6. The van der Waals surface area contributed by atoms with E-state index in [1.807, 2.05) is 24.3 Å². The van der Waals surface area contributed by atoms with E-state index in [2.05, 4.69) is 51.7 Å². The molecule has 0 unspecified atom stereocenters. The van der Waals surface area contributed by atoms with Gasteiger partial charge >= 0.3 is 0 Å². The van der Waals surface area contributed by atoms with E-state index in [0.29, 0.717) is 62.4 Å². The molecule has 11 nitrogen and oxygen atoms in total. The van der Waals surface area contributed by atoms with Gasteiger partial charge in [0.05, 0.1) is 28.3 Å². The minimum Gasteiger partial charge on any atom is -0.497 e. The number of rotatable bonds is 11. The normalized spacial score (nSPS) is 15.5. The van der Waals surface area contributed by atoms with Gasteiger partial charge in [-0.1, -0.05) is 65.2 Å². The van der Waals surface area contributed by atoms with Crippen LogP contribution in [-0.4, -0.2) is 94.9 Å². The molecule has 0 bridgehead atoms. The number of thiazole rings is 2. The summed E-state index contributed by atoms with van der Waals surface area (Å²) < 4.78 is 59.6. The fourth-order valence-electron chi connectivity index (χ4n) is 6.66. The summed E-state index contributed by atoms with van der Waals surface area (Å²) in [5, 5.41) is 7.09. The Morgan fingerprint density at radius 1 is 0.559 bits per heavy atom. The van der Waals surface area contributed by atoms with Crippen molar-refractivity contribution in [1.29, 1.82) is 0 Å². The van der Waals surface area contributed by atoms with Crippen LogP contribution < -0.4 is 14.5 Å². The largest absolute Gasteiger partial charge is 0.497 e. The van der Waals surface area contributed by atoms with Crippen LogP contribution in [-0.2, 0) is 32.9 Å². The predicted molar refractivity (Wildman–Crippen MR) is 239 cm³/mol. The molecule has 0 saturated carbocycles. The zero-order valence-corrected chi connectivity index (χ0v) is 37.4. The Hall–Kier alpha value is -4.06. The molecule has 8 rings (SSSR count). The standard InChI is InChI=1S/C21H22ClN3O3S2.C21H22ClN3O2S2/c1-28-19-6-2-16(3-7-19)14-18-15-29-21(23-18)24-10-12-25(13-11-24)30(26,27)20-8-4-17(22)5-9-20;1-16-2-4-17(5-3-16)14-19-15-28-21(23-19)24-10-12-25(13-11-24)29(26,27)20-8-6-18(22)7-9-20/h2-9,15H,10-14H2,1H3;2-9,15H,10-14H2,1H3. The Morgan fingerprint density at radius 2 is 0.932 bits per heavy atom. The topological polar surface area (TPSA) is 116 Å². The van der Waals surface area contributed by atoms with Crippen molar-refractivity contribution in [1.82, 2.24) is 18.6 Å². The lowest BCUT2D eigenvalue weighted by Crippen LogP contribution is -2.48. The summed E-state index contributed by atoms with van der Waals surface area (Å²) in [6, 6.07) is 29.1.